The minimum absolute atomic E-state index is 0.255. The summed E-state index contributed by atoms with van der Waals surface area (Å²) in [6.07, 6.45) is -0.994. The standard InChI is InChI=1S/C28H26ClN3O5/c1-4-36-28(35)18-7-13-21(14-8-18)31-26(33)23-24(17-5-11-20(12-6-17)30(2)3)32(37-25(23)27(31)34)22-15-9-19(29)10-16-22/h5-16,23-25H,4H2,1-3H3/t23-,24-,25-/m1/s1. The Morgan fingerprint density at radius 3 is 2.14 bits per heavy atom. The van der Waals surface area contributed by atoms with Gasteiger partial charge < -0.3 is 9.64 Å². The minimum atomic E-state index is -0.994. The van der Waals surface area contributed by atoms with Crippen LogP contribution in [-0.2, 0) is 19.2 Å². The lowest BCUT2D eigenvalue weighted by Gasteiger charge is -2.29. The molecule has 3 aromatic carbocycles. The number of fused-ring (bicyclic) bond motifs is 1. The first-order valence-electron chi connectivity index (χ1n) is 11.9. The number of carbonyl (C=O) groups is 3. The summed E-state index contributed by atoms with van der Waals surface area (Å²) in [6, 6.07) is 20.6. The second kappa shape index (κ2) is 9.88. The predicted molar refractivity (Wildman–Crippen MR) is 141 cm³/mol. The molecule has 190 valence electrons. The van der Waals surface area contributed by atoms with Crippen LogP contribution in [0.15, 0.2) is 72.8 Å². The lowest BCUT2D eigenvalue weighted by atomic mass is 9.90. The highest BCUT2D eigenvalue weighted by atomic mass is 35.5. The van der Waals surface area contributed by atoms with E-state index in [0.29, 0.717) is 22.0 Å². The van der Waals surface area contributed by atoms with Crippen LogP contribution in [0.2, 0.25) is 5.02 Å². The van der Waals surface area contributed by atoms with E-state index in [1.54, 1.807) is 60.5 Å². The molecule has 0 spiro atoms. The van der Waals surface area contributed by atoms with Crippen molar-refractivity contribution in [2.24, 2.45) is 5.92 Å². The summed E-state index contributed by atoms with van der Waals surface area (Å²) in [4.78, 5) is 48.6. The van der Waals surface area contributed by atoms with E-state index in [0.717, 1.165) is 16.2 Å². The van der Waals surface area contributed by atoms with Crippen molar-refractivity contribution in [3.05, 3.63) is 88.9 Å². The van der Waals surface area contributed by atoms with Gasteiger partial charge in [0.1, 0.15) is 5.92 Å². The predicted octanol–water partition coefficient (Wildman–Crippen LogP) is 4.63. The Labute approximate surface area is 219 Å². The molecule has 8 nitrogen and oxygen atoms in total. The van der Waals surface area contributed by atoms with Gasteiger partial charge in [-0.25, -0.2) is 14.8 Å². The summed E-state index contributed by atoms with van der Waals surface area (Å²) in [5.74, 6) is -2.05. The van der Waals surface area contributed by atoms with E-state index in [1.807, 2.05) is 43.3 Å². The second-order valence-electron chi connectivity index (χ2n) is 9.06. The van der Waals surface area contributed by atoms with Crippen LogP contribution in [0.1, 0.15) is 28.9 Å². The van der Waals surface area contributed by atoms with Crippen molar-refractivity contribution in [1.29, 1.82) is 0 Å². The molecule has 2 aliphatic heterocycles. The summed E-state index contributed by atoms with van der Waals surface area (Å²) < 4.78 is 5.02. The third kappa shape index (κ3) is 4.43. The van der Waals surface area contributed by atoms with Crippen molar-refractivity contribution in [2.75, 3.05) is 35.6 Å². The fourth-order valence-electron chi connectivity index (χ4n) is 4.75. The maximum atomic E-state index is 13.8. The van der Waals surface area contributed by atoms with Gasteiger partial charge in [0.15, 0.2) is 6.10 Å². The van der Waals surface area contributed by atoms with Crippen LogP contribution in [0.25, 0.3) is 0 Å². The van der Waals surface area contributed by atoms with E-state index in [-0.39, 0.29) is 12.5 Å². The molecule has 2 saturated heterocycles. The zero-order chi connectivity index (χ0) is 26.3. The largest absolute Gasteiger partial charge is 0.462 e. The van der Waals surface area contributed by atoms with Gasteiger partial charge >= 0.3 is 5.97 Å². The molecule has 2 heterocycles. The molecule has 0 bridgehead atoms. The highest BCUT2D eigenvalue weighted by molar-refractivity contribution is 6.30. The minimum Gasteiger partial charge on any atom is -0.462 e. The Morgan fingerprint density at radius 2 is 1.54 bits per heavy atom. The molecular weight excluding hydrogens is 494 g/mol. The summed E-state index contributed by atoms with van der Waals surface area (Å²) in [5.41, 5.74) is 3.25. The number of imide groups is 1. The van der Waals surface area contributed by atoms with Crippen molar-refractivity contribution in [2.45, 2.75) is 19.1 Å². The number of carbonyl (C=O) groups excluding carboxylic acids is 3. The molecular formula is C28H26ClN3O5. The molecule has 0 unspecified atom stereocenters. The maximum absolute atomic E-state index is 13.8. The molecule has 2 fully saturated rings. The number of anilines is 3. The van der Waals surface area contributed by atoms with Crippen LogP contribution in [0.4, 0.5) is 17.1 Å². The third-order valence-electron chi connectivity index (χ3n) is 6.58. The Bertz CT molecular complexity index is 1330. The zero-order valence-corrected chi connectivity index (χ0v) is 21.4. The van der Waals surface area contributed by atoms with Crippen LogP contribution in [0.3, 0.4) is 0 Å². The van der Waals surface area contributed by atoms with Crippen LogP contribution in [-0.4, -0.2) is 44.6 Å². The molecule has 0 aliphatic carbocycles. The van der Waals surface area contributed by atoms with Crippen molar-refractivity contribution < 1.29 is 24.0 Å². The number of ether oxygens (including phenoxy) is 1. The molecule has 0 saturated carbocycles. The number of hydroxylamine groups is 1. The molecule has 2 amide bonds. The average Bonchev–Trinajstić information content (AvgIpc) is 3.40. The van der Waals surface area contributed by atoms with Crippen LogP contribution >= 0.6 is 11.6 Å². The molecule has 3 atom stereocenters. The Morgan fingerprint density at radius 1 is 0.919 bits per heavy atom. The smallest absolute Gasteiger partial charge is 0.338 e. The van der Waals surface area contributed by atoms with Crippen molar-refractivity contribution >= 4 is 46.4 Å². The first kappa shape index (κ1) is 24.8. The SMILES string of the molecule is CCOC(=O)c1ccc(N2C(=O)[C@@H]3[C@@H](c4ccc(N(C)C)cc4)N(c4ccc(Cl)cc4)O[C@H]3C2=O)cc1. The lowest BCUT2D eigenvalue weighted by Crippen LogP contribution is -2.37. The van der Waals surface area contributed by atoms with Gasteiger partial charge in [-0.05, 0) is 73.2 Å². The molecule has 37 heavy (non-hydrogen) atoms. The fraction of sp³-hybridized carbons (Fsp3) is 0.250. The molecule has 0 aromatic heterocycles. The summed E-state index contributed by atoms with van der Waals surface area (Å²) >= 11 is 6.09. The molecule has 3 aromatic rings. The first-order chi connectivity index (χ1) is 17.8. The first-order valence-corrected chi connectivity index (χ1v) is 12.3. The van der Waals surface area contributed by atoms with Gasteiger partial charge in [-0.1, -0.05) is 23.7 Å². The van der Waals surface area contributed by atoms with Gasteiger partial charge in [0, 0.05) is 24.8 Å². The highest BCUT2D eigenvalue weighted by Gasteiger charge is 2.60. The summed E-state index contributed by atoms with van der Waals surface area (Å²) in [5, 5.41) is 2.20. The van der Waals surface area contributed by atoms with Gasteiger partial charge in [0.05, 0.1) is 29.6 Å². The fourth-order valence-corrected chi connectivity index (χ4v) is 4.88. The maximum Gasteiger partial charge on any atom is 0.338 e. The number of hydrogen-bond donors (Lipinski definition) is 0. The van der Waals surface area contributed by atoms with E-state index >= 15 is 0 Å². The van der Waals surface area contributed by atoms with E-state index in [9.17, 15) is 14.4 Å². The Hall–Kier alpha value is -3.88. The normalized spacial score (nSPS) is 20.8. The Balaban J connectivity index is 1.50. The average molecular weight is 520 g/mol. The van der Waals surface area contributed by atoms with E-state index in [2.05, 4.69) is 0 Å². The van der Waals surface area contributed by atoms with Gasteiger partial charge in [-0.15, -0.1) is 0 Å². The van der Waals surface area contributed by atoms with Gasteiger partial charge in [-0.3, -0.25) is 14.4 Å². The summed E-state index contributed by atoms with van der Waals surface area (Å²) in [7, 11) is 3.90. The van der Waals surface area contributed by atoms with Crippen molar-refractivity contribution in [3.8, 4) is 0 Å². The molecule has 2 aliphatic rings. The van der Waals surface area contributed by atoms with Crippen molar-refractivity contribution in [1.82, 2.24) is 0 Å². The van der Waals surface area contributed by atoms with E-state index < -0.39 is 29.9 Å². The quantitative estimate of drug-likeness (QED) is 0.347. The van der Waals surface area contributed by atoms with Crippen LogP contribution in [0, 0.1) is 5.92 Å². The highest BCUT2D eigenvalue weighted by Crippen LogP contribution is 2.47. The number of rotatable bonds is 6. The number of amides is 2. The third-order valence-corrected chi connectivity index (χ3v) is 6.84. The van der Waals surface area contributed by atoms with Gasteiger partial charge in [-0.2, -0.15) is 0 Å². The second-order valence-corrected chi connectivity index (χ2v) is 9.50. The topological polar surface area (TPSA) is 79.4 Å². The van der Waals surface area contributed by atoms with Crippen LogP contribution in [0.5, 0.6) is 0 Å². The number of esters is 1. The molecule has 5 rings (SSSR count). The van der Waals surface area contributed by atoms with Crippen LogP contribution < -0.4 is 14.9 Å². The Kier molecular flexibility index (Phi) is 6.62. The monoisotopic (exact) mass is 519 g/mol. The molecule has 9 heteroatoms. The zero-order valence-electron chi connectivity index (χ0n) is 20.6. The number of nitrogens with zero attached hydrogens (tertiary/aromatic N) is 3. The van der Waals surface area contributed by atoms with Gasteiger partial charge in [0.25, 0.3) is 5.91 Å². The van der Waals surface area contributed by atoms with Gasteiger partial charge in [0.2, 0.25) is 5.91 Å². The van der Waals surface area contributed by atoms with Crippen molar-refractivity contribution in [3.63, 3.8) is 0 Å². The van der Waals surface area contributed by atoms with E-state index in [4.69, 9.17) is 21.2 Å². The summed E-state index contributed by atoms with van der Waals surface area (Å²) in [6.45, 7) is 1.98. The number of benzene rings is 3. The van der Waals surface area contributed by atoms with E-state index in [1.165, 1.54) is 0 Å². The molecule has 0 radical (unpaired) electrons. The number of halogens is 1. The number of hydrogen-bond acceptors (Lipinski definition) is 7. The molecule has 0 N–H and O–H groups in total. The lowest BCUT2D eigenvalue weighted by molar-refractivity contribution is -0.126.